The van der Waals surface area contributed by atoms with E-state index >= 15 is 0 Å². The first kappa shape index (κ1) is 13.1. The van der Waals surface area contributed by atoms with Crippen LogP contribution in [0.25, 0.3) is 0 Å². The Bertz CT molecular complexity index is 630. The van der Waals surface area contributed by atoms with Gasteiger partial charge in [0, 0.05) is 18.0 Å². The maximum absolute atomic E-state index is 13.3. The summed E-state index contributed by atoms with van der Waals surface area (Å²) >= 11 is 0. The molecule has 3 rings (SSSR count). The van der Waals surface area contributed by atoms with Crippen LogP contribution in [0, 0.1) is 11.6 Å². The summed E-state index contributed by atoms with van der Waals surface area (Å²) in [5.41, 5.74) is 1.60. The van der Waals surface area contributed by atoms with Crippen molar-refractivity contribution < 1.29 is 13.5 Å². The lowest BCUT2D eigenvalue weighted by atomic mass is 9.93. The molecule has 2 aromatic carbocycles. The van der Waals surface area contributed by atoms with Crippen molar-refractivity contribution in [2.24, 2.45) is 0 Å². The Hall–Kier alpha value is -1.94. The molecule has 0 radical (unpaired) electrons. The molecular weight excluding hydrogens is 260 g/mol. The number of nitrogens with one attached hydrogen (secondary N) is 1. The van der Waals surface area contributed by atoms with Gasteiger partial charge in [0.25, 0.3) is 0 Å². The standard InChI is InChI=1S/C16H15F2NO/c1-19-14-9-16(10-3-2-4-11(17)7-10)20-15-6-5-12(18)8-13(14)15/h2-8,14,16,19H,9H2,1H3. The lowest BCUT2D eigenvalue weighted by Crippen LogP contribution is -2.26. The summed E-state index contributed by atoms with van der Waals surface area (Å²) < 4.78 is 32.6. The van der Waals surface area contributed by atoms with Crippen molar-refractivity contribution in [2.75, 3.05) is 7.05 Å². The average molecular weight is 275 g/mol. The van der Waals surface area contributed by atoms with E-state index in [0.29, 0.717) is 12.2 Å². The van der Waals surface area contributed by atoms with Crippen molar-refractivity contribution in [1.29, 1.82) is 0 Å². The molecular formula is C16H15F2NO. The second-order valence-corrected chi connectivity index (χ2v) is 4.92. The second kappa shape index (κ2) is 5.21. The molecule has 2 aromatic rings. The van der Waals surface area contributed by atoms with Crippen LogP contribution < -0.4 is 10.1 Å². The zero-order valence-electron chi connectivity index (χ0n) is 11.1. The fourth-order valence-electron chi connectivity index (χ4n) is 2.63. The highest BCUT2D eigenvalue weighted by molar-refractivity contribution is 5.39. The van der Waals surface area contributed by atoms with Crippen LogP contribution in [0.1, 0.15) is 29.7 Å². The third kappa shape index (κ3) is 2.39. The number of hydrogen-bond acceptors (Lipinski definition) is 2. The summed E-state index contributed by atoms with van der Waals surface area (Å²) in [6, 6.07) is 10.9. The molecule has 0 bridgehead atoms. The number of rotatable bonds is 2. The van der Waals surface area contributed by atoms with Gasteiger partial charge >= 0.3 is 0 Å². The zero-order chi connectivity index (χ0) is 14.1. The van der Waals surface area contributed by atoms with Crippen molar-refractivity contribution >= 4 is 0 Å². The smallest absolute Gasteiger partial charge is 0.126 e. The molecule has 0 amide bonds. The molecule has 0 saturated heterocycles. The lowest BCUT2D eigenvalue weighted by molar-refractivity contribution is 0.153. The molecule has 1 heterocycles. The second-order valence-electron chi connectivity index (χ2n) is 4.92. The van der Waals surface area contributed by atoms with Crippen LogP contribution in [0.4, 0.5) is 8.78 Å². The van der Waals surface area contributed by atoms with Gasteiger partial charge in [0.1, 0.15) is 23.5 Å². The van der Waals surface area contributed by atoms with E-state index in [-0.39, 0.29) is 23.8 Å². The maximum Gasteiger partial charge on any atom is 0.126 e. The highest BCUT2D eigenvalue weighted by atomic mass is 19.1. The van der Waals surface area contributed by atoms with Gasteiger partial charge in [-0.05, 0) is 42.9 Å². The minimum absolute atomic E-state index is 0.0114. The first-order valence-corrected chi connectivity index (χ1v) is 6.56. The minimum Gasteiger partial charge on any atom is -0.485 e. The largest absolute Gasteiger partial charge is 0.485 e. The first-order chi connectivity index (χ1) is 9.67. The predicted molar refractivity (Wildman–Crippen MR) is 72.6 cm³/mol. The molecule has 0 saturated carbocycles. The van der Waals surface area contributed by atoms with E-state index < -0.39 is 0 Å². The monoisotopic (exact) mass is 275 g/mol. The van der Waals surface area contributed by atoms with E-state index in [1.807, 2.05) is 13.1 Å². The van der Waals surface area contributed by atoms with Gasteiger partial charge in [0.05, 0.1) is 0 Å². The molecule has 0 aromatic heterocycles. The van der Waals surface area contributed by atoms with E-state index in [1.54, 1.807) is 12.1 Å². The molecule has 4 heteroatoms. The summed E-state index contributed by atoms with van der Waals surface area (Å²) in [5.74, 6) is 0.0834. The van der Waals surface area contributed by atoms with Gasteiger partial charge in [-0.3, -0.25) is 0 Å². The van der Waals surface area contributed by atoms with Crippen molar-refractivity contribution in [3.05, 3.63) is 65.2 Å². The maximum atomic E-state index is 13.3. The van der Waals surface area contributed by atoms with E-state index in [0.717, 1.165) is 11.1 Å². The number of fused-ring (bicyclic) bond motifs is 1. The number of hydrogen-bond donors (Lipinski definition) is 1. The third-order valence-corrected chi connectivity index (χ3v) is 3.64. The summed E-state index contributed by atoms with van der Waals surface area (Å²) in [6.07, 6.45) is 0.400. The van der Waals surface area contributed by atoms with Crippen molar-refractivity contribution in [3.8, 4) is 5.75 Å². The molecule has 2 unspecified atom stereocenters. The lowest BCUT2D eigenvalue weighted by Gasteiger charge is -2.32. The molecule has 0 aliphatic carbocycles. The predicted octanol–water partition coefficient (Wildman–Crippen LogP) is 3.75. The molecule has 0 fully saturated rings. The van der Waals surface area contributed by atoms with Crippen molar-refractivity contribution in [1.82, 2.24) is 5.32 Å². The fourth-order valence-corrected chi connectivity index (χ4v) is 2.63. The molecule has 20 heavy (non-hydrogen) atoms. The molecule has 2 nitrogen and oxygen atoms in total. The quantitative estimate of drug-likeness (QED) is 0.901. The zero-order valence-corrected chi connectivity index (χ0v) is 11.1. The van der Waals surface area contributed by atoms with E-state index in [4.69, 9.17) is 4.74 Å². The Morgan fingerprint density at radius 1 is 1.10 bits per heavy atom. The molecule has 104 valence electrons. The Labute approximate surface area is 116 Å². The van der Waals surface area contributed by atoms with Crippen LogP contribution >= 0.6 is 0 Å². The Morgan fingerprint density at radius 2 is 1.90 bits per heavy atom. The van der Waals surface area contributed by atoms with Crippen molar-refractivity contribution in [2.45, 2.75) is 18.6 Å². The summed E-state index contributed by atoms with van der Waals surface area (Å²) in [5, 5.41) is 3.16. The van der Waals surface area contributed by atoms with Gasteiger partial charge in [-0.25, -0.2) is 8.78 Å². The summed E-state index contributed by atoms with van der Waals surface area (Å²) in [6.45, 7) is 0. The van der Waals surface area contributed by atoms with Gasteiger partial charge in [0.15, 0.2) is 0 Å². The van der Waals surface area contributed by atoms with Crippen LogP contribution in [-0.2, 0) is 0 Å². The molecule has 2 atom stereocenters. The Balaban J connectivity index is 1.96. The molecule has 0 spiro atoms. The van der Waals surface area contributed by atoms with Gasteiger partial charge in [0.2, 0.25) is 0 Å². The number of ether oxygens (including phenoxy) is 1. The average Bonchev–Trinajstić information content (AvgIpc) is 2.46. The molecule has 1 aliphatic rings. The van der Waals surface area contributed by atoms with E-state index in [2.05, 4.69) is 5.32 Å². The van der Waals surface area contributed by atoms with Crippen LogP contribution in [0.2, 0.25) is 0 Å². The highest BCUT2D eigenvalue weighted by Crippen LogP contribution is 2.40. The van der Waals surface area contributed by atoms with Crippen LogP contribution in [0.3, 0.4) is 0 Å². The Morgan fingerprint density at radius 3 is 2.65 bits per heavy atom. The van der Waals surface area contributed by atoms with Crippen LogP contribution in [-0.4, -0.2) is 7.05 Å². The van der Waals surface area contributed by atoms with Gasteiger partial charge in [-0.15, -0.1) is 0 Å². The van der Waals surface area contributed by atoms with E-state index in [9.17, 15) is 8.78 Å². The molecule has 1 aliphatic heterocycles. The van der Waals surface area contributed by atoms with E-state index in [1.165, 1.54) is 24.3 Å². The normalized spacial score (nSPS) is 21.1. The third-order valence-electron chi connectivity index (χ3n) is 3.64. The summed E-state index contributed by atoms with van der Waals surface area (Å²) in [7, 11) is 1.83. The van der Waals surface area contributed by atoms with Crippen molar-refractivity contribution in [3.63, 3.8) is 0 Å². The minimum atomic E-state index is -0.281. The van der Waals surface area contributed by atoms with Gasteiger partial charge in [-0.1, -0.05) is 12.1 Å². The SMILES string of the molecule is CNC1CC(c2cccc(F)c2)Oc2ccc(F)cc21. The summed E-state index contributed by atoms with van der Waals surface area (Å²) in [4.78, 5) is 0. The number of halogens is 2. The number of benzene rings is 2. The van der Waals surface area contributed by atoms with Crippen LogP contribution in [0.5, 0.6) is 5.75 Å². The topological polar surface area (TPSA) is 21.3 Å². The van der Waals surface area contributed by atoms with Gasteiger partial charge < -0.3 is 10.1 Å². The fraction of sp³-hybridized carbons (Fsp3) is 0.250. The highest BCUT2D eigenvalue weighted by Gasteiger charge is 2.28. The molecule has 1 N–H and O–H groups in total. The van der Waals surface area contributed by atoms with Crippen LogP contribution in [0.15, 0.2) is 42.5 Å². The first-order valence-electron chi connectivity index (χ1n) is 6.56. The Kier molecular flexibility index (Phi) is 3.40. The van der Waals surface area contributed by atoms with Gasteiger partial charge in [-0.2, -0.15) is 0 Å².